The number of carbonyl (C=O) groups is 1. The molecular weight excluding hydrogens is 574 g/mol. The van der Waals surface area contributed by atoms with Crippen LogP contribution in [0.4, 0.5) is 4.39 Å². The molecule has 6 nitrogen and oxygen atoms in total. The van der Waals surface area contributed by atoms with E-state index in [1.165, 1.54) is 28.0 Å². The van der Waals surface area contributed by atoms with Gasteiger partial charge in [-0.1, -0.05) is 70.9 Å². The third-order valence-corrected chi connectivity index (χ3v) is 7.88. The van der Waals surface area contributed by atoms with Crippen molar-refractivity contribution in [1.82, 2.24) is 4.57 Å². The zero-order chi connectivity index (χ0) is 28.4. The van der Waals surface area contributed by atoms with Crippen LogP contribution < -0.4 is 19.6 Å². The summed E-state index contributed by atoms with van der Waals surface area (Å²) >= 11 is 13.5. The predicted octanol–water partition coefficient (Wildman–Crippen LogP) is 5.82. The molecule has 0 spiro atoms. The van der Waals surface area contributed by atoms with Gasteiger partial charge in [0, 0.05) is 21.2 Å². The first-order valence-corrected chi connectivity index (χ1v) is 13.9. The fraction of sp³-hybridized carbons (Fsp3) is 0.167. The monoisotopic (exact) mass is 596 g/mol. The van der Waals surface area contributed by atoms with Crippen LogP contribution in [0.1, 0.15) is 36.6 Å². The van der Waals surface area contributed by atoms with E-state index in [2.05, 4.69) is 4.99 Å². The average Bonchev–Trinajstić information content (AvgIpc) is 3.23. The summed E-state index contributed by atoms with van der Waals surface area (Å²) in [7, 11) is 0. The second-order valence-corrected chi connectivity index (χ2v) is 10.8. The van der Waals surface area contributed by atoms with Gasteiger partial charge in [0.05, 0.1) is 28.5 Å². The van der Waals surface area contributed by atoms with Crippen molar-refractivity contribution in [2.45, 2.75) is 26.5 Å². The van der Waals surface area contributed by atoms with Gasteiger partial charge in [-0.25, -0.2) is 14.2 Å². The summed E-state index contributed by atoms with van der Waals surface area (Å²) < 4.78 is 27.0. The molecule has 1 aliphatic heterocycles. The Morgan fingerprint density at radius 2 is 1.88 bits per heavy atom. The highest BCUT2D eigenvalue weighted by molar-refractivity contribution is 7.07. The number of thiazole rings is 1. The van der Waals surface area contributed by atoms with Gasteiger partial charge in [0.1, 0.15) is 18.2 Å². The van der Waals surface area contributed by atoms with E-state index >= 15 is 0 Å². The van der Waals surface area contributed by atoms with Gasteiger partial charge >= 0.3 is 5.97 Å². The molecule has 0 unspecified atom stereocenters. The first-order chi connectivity index (χ1) is 19.3. The van der Waals surface area contributed by atoms with Crippen molar-refractivity contribution in [2.24, 2.45) is 4.99 Å². The minimum absolute atomic E-state index is 0.161. The number of fused-ring (bicyclic) bond motifs is 1. The lowest BCUT2D eigenvalue weighted by Gasteiger charge is -2.24. The van der Waals surface area contributed by atoms with Gasteiger partial charge in [-0.15, -0.1) is 0 Å². The number of aromatic nitrogens is 1. The van der Waals surface area contributed by atoms with Crippen molar-refractivity contribution >= 4 is 46.6 Å². The zero-order valence-corrected chi connectivity index (χ0v) is 23.8. The molecule has 1 aliphatic rings. The summed E-state index contributed by atoms with van der Waals surface area (Å²) in [5.74, 6) is -0.448. The highest BCUT2D eigenvalue weighted by Crippen LogP contribution is 2.31. The fourth-order valence-electron chi connectivity index (χ4n) is 4.42. The molecule has 0 amide bonds. The first kappa shape index (κ1) is 27.8. The summed E-state index contributed by atoms with van der Waals surface area (Å²) in [4.78, 5) is 31.8. The van der Waals surface area contributed by atoms with E-state index in [4.69, 9.17) is 32.7 Å². The topological polar surface area (TPSA) is 69.9 Å². The molecule has 0 aliphatic carbocycles. The number of nitrogens with zero attached hydrogens (tertiary/aromatic N) is 2. The van der Waals surface area contributed by atoms with Gasteiger partial charge in [0.25, 0.3) is 5.56 Å². The summed E-state index contributed by atoms with van der Waals surface area (Å²) in [5.41, 5.74) is 2.33. The Kier molecular flexibility index (Phi) is 8.21. The van der Waals surface area contributed by atoms with Crippen LogP contribution >= 0.6 is 34.5 Å². The molecule has 4 aromatic rings. The zero-order valence-electron chi connectivity index (χ0n) is 21.5. The maximum atomic E-state index is 13.8. The lowest BCUT2D eigenvalue weighted by molar-refractivity contribution is -0.139. The molecule has 5 rings (SSSR count). The summed E-state index contributed by atoms with van der Waals surface area (Å²) in [6, 6.07) is 17.4. The van der Waals surface area contributed by atoms with Crippen LogP contribution in [-0.4, -0.2) is 17.1 Å². The molecule has 1 aromatic heterocycles. The van der Waals surface area contributed by atoms with E-state index in [9.17, 15) is 14.0 Å². The molecule has 3 aromatic carbocycles. The number of para-hydroxylation sites is 1. The molecule has 0 fully saturated rings. The Hall–Kier alpha value is -3.72. The van der Waals surface area contributed by atoms with Gasteiger partial charge in [-0.05, 0) is 55.8 Å². The second-order valence-electron chi connectivity index (χ2n) is 8.92. The molecule has 0 saturated carbocycles. The largest absolute Gasteiger partial charge is 0.488 e. The third kappa shape index (κ3) is 5.61. The maximum absolute atomic E-state index is 13.8. The van der Waals surface area contributed by atoms with Crippen LogP contribution in [0, 0.1) is 5.82 Å². The van der Waals surface area contributed by atoms with E-state index in [-0.39, 0.29) is 24.3 Å². The predicted molar refractivity (Wildman–Crippen MR) is 154 cm³/mol. The molecule has 0 saturated heterocycles. The summed E-state index contributed by atoms with van der Waals surface area (Å²) in [5, 5.41) is 1.02. The summed E-state index contributed by atoms with van der Waals surface area (Å²) in [6.45, 7) is 3.77. The van der Waals surface area contributed by atoms with Crippen LogP contribution in [0.2, 0.25) is 10.0 Å². The van der Waals surface area contributed by atoms with Crippen LogP contribution in [0.25, 0.3) is 6.08 Å². The van der Waals surface area contributed by atoms with Crippen molar-refractivity contribution < 1.29 is 18.7 Å². The number of hydrogen-bond donors (Lipinski definition) is 0. The fourth-order valence-corrected chi connectivity index (χ4v) is 5.92. The standard InChI is InChI=1S/C30H23Cl2FN2O4S/c1-3-38-29(37)26-17(2)34-30-35(27(26)18-9-12-22(33)13-10-18)28(36)25(40-30)14-19-6-4-5-7-24(19)39-16-20-8-11-21(31)15-23(20)32/h4-15,27H,3,16H2,1-2H3/b25-14+/t27-/m1/s1. The number of allylic oxidation sites excluding steroid dienone is 1. The van der Waals surface area contributed by atoms with E-state index in [1.807, 2.05) is 18.2 Å². The number of benzene rings is 3. The first-order valence-electron chi connectivity index (χ1n) is 12.4. The molecule has 2 heterocycles. The highest BCUT2D eigenvalue weighted by atomic mass is 35.5. The lowest BCUT2D eigenvalue weighted by Crippen LogP contribution is -2.39. The van der Waals surface area contributed by atoms with E-state index in [0.29, 0.717) is 42.0 Å². The number of esters is 1. The lowest BCUT2D eigenvalue weighted by atomic mass is 9.96. The Balaban J connectivity index is 1.59. The van der Waals surface area contributed by atoms with E-state index in [0.717, 1.165) is 5.56 Å². The van der Waals surface area contributed by atoms with Crippen molar-refractivity contribution in [1.29, 1.82) is 0 Å². The number of halogens is 3. The number of ether oxygens (including phenoxy) is 2. The molecule has 10 heteroatoms. The maximum Gasteiger partial charge on any atom is 0.338 e. The van der Waals surface area contributed by atoms with Gasteiger partial charge in [0.2, 0.25) is 0 Å². The number of rotatable bonds is 7. The van der Waals surface area contributed by atoms with Crippen LogP contribution in [-0.2, 0) is 16.1 Å². The molecule has 0 radical (unpaired) electrons. The van der Waals surface area contributed by atoms with Crippen LogP contribution in [0.15, 0.2) is 87.8 Å². The minimum Gasteiger partial charge on any atom is -0.488 e. The molecule has 204 valence electrons. The molecule has 40 heavy (non-hydrogen) atoms. The Morgan fingerprint density at radius 3 is 2.60 bits per heavy atom. The van der Waals surface area contributed by atoms with Crippen LogP contribution in [0.5, 0.6) is 5.75 Å². The van der Waals surface area contributed by atoms with E-state index in [1.54, 1.807) is 56.3 Å². The van der Waals surface area contributed by atoms with Gasteiger partial charge in [-0.3, -0.25) is 9.36 Å². The van der Waals surface area contributed by atoms with Crippen LogP contribution in [0.3, 0.4) is 0 Å². The molecule has 1 atom stereocenters. The quantitative estimate of drug-likeness (QED) is 0.252. The highest BCUT2D eigenvalue weighted by Gasteiger charge is 2.33. The smallest absolute Gasteiger partial charge is 0.338 e. The van der Waals surface area contributed by atoms with Crippen molar-refractivity contribution in [2.75, 3.05) is 6.61 Å². The van der Waals surface area contributed by atoms with Crippen molar-refractivity contribution in [3.63, 3.8) is 0 Å². The van der Waals surface area contributed by atoms with Gasteiger partial charge in [0.15, 0.2) is 4.80 Å². The van der Waals surface area contributed by atoms with Crippen molar-refractivity contribution in [3.05, 3.63) is 130 Å². The molecule has 0 bridgehead atoms. The van der Waals surface area contributed by atoms with Gasteiger partial charge < -0.3 is 9.47 Å². The normalized spacial score (nSPS) is 15.0. The third-order valence-electron chi connectivity index (χ3n) is 6.31. The Bertz CT molecular complexity index is 1810. The molecular formula is C30H23Cl2FN2O4S. The SMILES string of the molecule is CCOC(=O)C1=C(C)N=c2s/c(=C/c3ccccc3OCc3ccc(Cl)cc3Cl)c(=O)n2[C@@H]1c1ccc(F)cc1. The summed E-state index contributed by atoms with van der Waals surface area (Å²) in [6.07, 6.45) is 1.73. The minimum atomic E-state index is -0.823. The van der Waals surface area contributed by atoms with Gasteiger partial charge in [-0.2, -0.15) is 0 Å². The van der Waals surface area contributed by atoms with Crippen molar-refractivity contribution in [3.8, 4) is 5.75 Å². The Morgan fingerprint density at radius 1 is 1.12 bits per heavy atom. The number of hydrogen-bond acceptors (Lipinski definition) is 6. The van der Waals surface area contributed by atoms with E-state index < -0.39 is 17.8 Å². The number of carbonyl (C=O) groups excluding carboxylic acids is 1. The molecule has 0 N–H and O–H groups in total. The second kappa shape index (κ2) is 11.8. The Labute approximate surface area is 243 Å². The average molecular weight is 597 g/mol.